The standard InChI is InChI=1S/C9H18N4/c1-9(8-10)12(2)6-7-13-5-3-4-11-13/h3-5,9H,6-8,10H2,1-2H3. The van der Waals surface area contributed by atoms with Gasteiger partial charge in [-0.3, -0.25) is 4.68 Å². The van der Waals surface area contributed by atoms with Gasteiger partial charge in [0.1, 0.15) is 0 Å². The molecular weight excluding hydrogens is 164 g/mol. The fraction of sp³-hybridized carbons (Fsp3) is 0.667. The van der Waals surface area contributed by atoms with Gasteiger partial charge in [0.15, 0.2) is 0 Å². The summed E-state index contributed by atoms with van der Waals surface area (Å²) in [5, 5.41) is 4.13. The minimum Gasteiger partial charge on any atom is -0.329 e. The first-order valence-corrected chi connectivity index (χ1v) is 4.61. The zero-order chi connectivity index (χ0) is 9.68. The van der Waals surface area contributed by atoms with E-state index in [1.165, 1.54) is 0 Å². The molecule has 4 heteroatoms. The summed E-state index contributed by atoms with van der Waals surface area (Å²) >= 11 is 0. The lowest BCUT2D eigenvalue weighted by Crippen LogP contribution is -2.37. The SMILES string of the molecule is CC(CN)N(C)CCn1cccn1. The molecule has 1 rings (SSSR count). The largest absolute Gasteiger partial charge is 0.329 e. The first-order valence-electron chi connectivity index (χ1n) is 4.61. The quantitative estimate of drug-likeness (QED) is 0.705. The van der Waals surface area contributed by atoms with E-state index in [1.54, 1.807) is 6.20 Å². The van der Waals surface area contributed by atoms with Gasteiger partial charge in [0, 0.05) is 31.5 Å². The highest BCUT2D eigenvalue weighted by atomic mass is 15.3. The van der Waals surface area contributed by atoms with Gasteiger partial charge in [-0.25, -0.2) is 0 Å². The summed E-state index contributed by atoms with van der Waals surface area (Å²) < 4.78 is 1.93. The van der Waals surface area contributed by atoms with Crippen molar-refractivity contribution < 1.29 is 0 Å². The fourth-order valence-corrected chi connectivity index (χ4v) is 1.09. The average molecular weight is 182 g/mol. The molecule has 0 spiro atoms. The Morgan fingerprint density at radius 3 is 2.92 bits per heavy atom. The molecule has 1 heterocycles. The molecular formula is C9H18N4. The van der Waals surface area contributed by atoms with Gasteiger partial charge in [0.05, 0.1) is 6.54 Å². The molecule has 1 atom stereocenters. The van der Waals surface area contributed by atoms with Crippen molar-refractivity contribution in [1.82, 2.24) is 14.7 Å². The van der Waals surface area contributed by atoms with Crippen molar-refractivity contribution in [3.63, 3.8) is 0 Å². The number of likely N-dealkylation sites (N-methyl/N-ethyl adjacent to an activating group) is 1. The zero-order valence-corrected chi connectivity index (χ0v) is 8.35. The van der Waals surface area contributed by atoms with E-state index in [2.05, 4.69) is 24.0 Å². The summed E-state index contributed by atoms with van der Waals surface area (Å²) in [6, 6.07) is 2.38. The van der Waals surface area contributed by atoms with Gasteiger partial charge in [0.25, 0.3) is 0 Å². The van der Waals surface area contributed by atoms with Crippen LogP contribution in [-0.4, -0.2) is 40.9 Å². The van der Waals surface area contributed by atoms with Crippen LogP contribution in [0.3, 0.4) is 0 Å². The van der Waals surface area contributed by atoms with Gasteiger partial charge < -0.3 is 10.6 Å². The van der Waals surface area contributed by atoms with Crippen LogP contribution in [0.25, 0.3) is 0 Å². The van der Waals surface area contributed by atoms with E-state index in [9.17, 15) is 0 Å². The highest BCUT2D eigenvalue weighted by molar-refractivity contribution is 4.78. The Morgan fingerprint density at radius 1 is 1.62 bits per heavy atom. The van der Waals surface area contributed by atoms with Gasteiger partial charge in [-0.2, -0.15) is 5.10 Å². The van der Waals surface area contributed by atoms with Crippen molar-refractivity contribution >= 4 is 0 Å². The van der Waals surface area contributed by atoms with E-state index < -0.39 is 0 Å². The Labute approximate surface area is 79.3 Å². The van der Waals surface area contributed by atoms with E-state index in [0.717, 1.165) is 13.1 Å². The molecule has 0 saturated carbocycles. The summed E-state index contributed by atoms with van der Waals surface area (Å²) in [5.74, 6) is 0. The molecule has 4 nitrogen and oxygen atoms in total. The molecule has 0 amide bonds. The Morgan fingerprint density at radius 2 is 2.38 bits per heavy atom. The molecule has 0 aliphatic carbocycles. The van der Waals surface area contributed by atoms with E-state index >= 15 is 0 Å². The lowest BCUT2D eigenvalue weighted by Gasteiger charge is -2.22. The molecule has 0 bridgehead atoms. The smallest absolute Gasteiger partial charge is 0.0536 e. The second kappa shape index (κ2) is 4.99. The monoisotopic (exact) mass is 182 g/mol. The molecule has 0 radical (unpaired) electrons. The molecule has 1 aromatic heterocycles. The van der Waals surface area contributed by atoms with E-state index in [1.807, 2.05) is 16.9 Å². The van der Waals surface area contributed by atoms with Crippen LogP contribution >= 0.6 is 0 Å². The predicted octanol–water partition coefficient (Wildman–Crippen LogP) is 0.162. The maximum Gasteiger partial charge on any atom is 0.0536 e. The molecule has 74 valence electrons. The van der Waals surface area contributed by atoms with Crippen LogP contribution in [0.2, 0.25) is 0 Å². The molecule has 0 aromatic carbocycles. The Balaban J connectivity index is 2.26. The van der Waals surface area contributed by atoms with E-state index in [0.29, 0.717) is 12.6 Å². The molecule has 0 aliphatic heterocycles. The van der Waals surface area contributed by atoms with Crippen LogP contribution in [0.1, 0.15) is 6.92 Å². The summed E-state index contributed by atoms with van der Waals surface area (Å²) in [6.45, 7) is 4.74. The van der Waals surface area contributed by atoms with E-state index in [4.69, 9.17) is 5.73 Å². The molecule has 1 aromatic rings. The van der Waals surface area contributed by atoms with Crippen molar-refractivity contribution in [2.45, 2.75) is 19.5 Å². The molecule has 2 N–H and O–H groups in total. The first kappa shape index (κ1) is 10.2. The molecule has 0 saturated heterocycles. The van der Waals surface area contributed by atoms with Crippen molar-refractivity contribution in [3.05, 3.63) is 18.5 Å². The third kappa shape index (κ3) is 3.16. The Kier molecular flexibility index (Phi) is 3.92. The summed E-state index contributed by atoms with van der Waals surface area (Å²) in [6.07, 6.45) is 3.77. The van der Waals surface area contributed by atoms with E-state index in [-0.39, 0.29) is 0 Å². The van der Waals surface area contributed by atoms with Crippen molar-refractivity contribution in [2.24, 2.45) is 5.73 Å². The normalized spacial score (nSPS) is 13.5. The molecule has 13 heavy (non-hydrogen) atoms. The van der Waals surface area contributed by atoms with Gasteiger partial charge >= 0.3 is 0 Å². The third-order valence-electron chi connectivity index (χ3n) is 2.33. The summed E-state index contributed by atoms with van der Waals surface area (Å²) in [4.78, 5) is 2.24. The van der Waals surface area contributed by atoms with Crippen LogP contribution in [0.5, 0.6) is 0 Å². The Bertz CT molecular complexity index is 220. The first-order chi connectivity index (χ1) is 6.24. The summed E-state index contributed by atoms with van der Waals surface area (Å²) in [5.41, 5.74) is 5.56. The van der Waals surface area contributed by atoms with Gasteiger partial charge in [-0.05, 0) is 20.0 Å². The highest BCUT2D eigenvalue weighted by Crippen LogP contribution is 1.94. The maximum absolute atomic E-state index is 5.56. The molecule has 1 unspecified atom stereocenters. The molecule has 0 aliphatic rings. The van der Waals surface area contributed by atoms with Crippen molar-refractivity contribution in [1.29, 1.82) is 0 Å². The second-order valence-electron chi connectivity index (χ2n) is 3.33. The topological polar surface area (TPSA) is 47.1 Å². The van der Waals surface area contributed by atoms with Gasteiger partial charge in [0.2, 0.25) is 0 Å². The number of rotatable bonds is 5. The van der Waals surface area contributed by atoms with Crippen LogP contribution < -0.4 is 5.73 Å². The number of nitrogens with two attached hydrogens (primary N) is 1. The van der Waals surface area contributed by atoms with Crippen molar-refractivity contribution in [3.8, 4) is 0 Å². The Hall–Kier alpha value is -0.870. The minimum absolute atomic E-state index is 0.440. The van der Waals surface area contributed by atoms with Gasteiger partial charge in [-0.15, -0.1) is 0 Å². The lowest BCUT2D eigenvalue weighted by molar-refractivity contribution is 0.249. The van der Waals surface area contributed by atoms with Crippen LogP contribution in [0.15, 0.2) is 18.5 Å². The predicted molar refractivity (Wildman–Crippen MR) is 53.4 cm³/mol. The second-order valence-corrected chi connectivity index (χ2v) is 3.33. The average Bonchev–Trinajstić information content (AvgIpc) is 2.65. The van der Waals surface area contributed by atoms with Crippen molar-refractivity contribution in [2.75, 3.05) is 20.1 Å². The van der Waals surface area contributed by atoms with Gasteiger partial charge in [-0.1, -0.05) is 0 Å². The zero-order valence-electron chi connectivity index (χ0n) is 8.35. The number of nitrogens with zero attached hydrogens (tertiary/aromatic N) is 3. The van der Waals surface area contributed by atoms with Crippen LogP contribution in [-0.2, 0) is 6.54 Å². The number of hydrogen-bond donors (Lipinski definition) is 1. The molecule has 0 fully saturated rings. The fourth-order valence-electron chi connectivity index (χ4n) is 1.09. The minimum atomic E-state index is 0.440. The van der Waals surface area contributed by atoms with Crippen LogP contribution in [0, 0.1) is 0 Å². The van der Waals surface area contributed by atoms with Crippen LogP contribution in [0.4, 0.5) is 0 Å². The highest BCUT2D eigenvalue weighted by Gasteiger charge is 2.05. The third-order valence-corrected chi connectivity index (χ3v) is 2.33. The summed E-state index contributed by atoms with van der Waals surface area (Å²) in [7, 11) is 2.08. The number of hydrogen-bond acceptors (Lipinski definition) is 3. The maximum atomic E-state index is 5.56. The lowest BCUT2D eigenvalue weighted by atomic mass is 10.3. The number of aromatic nitrogens is 2.